The van der Waals surface area contributed by atoms with E-state index in [9.17, 15) is 9.18 Å². The SMILES string of the molecule is CN(CCOCCOCCOCCOCCOCCOCCOCCOCCOCCOCCOCCF)C(=O)OCC1c2ccccc2-c2ccccc21. The first kappa shape index (κ1) is 46.6. The topological polar surface area (TPSA) is 131 Å². The van der Waals surface area contributed by atoms with E-state index in [0.29, 0.717) is 152 Å². The molecule has 0 spiro atoms. The summed E-state index contributed by atoms with van der Waals surface area (Å²) in [7, 11) is 1.71. The van der Waals surface area contributed by atoms with E-state index < -0.39 is 6.67 Å². The van der Waals surface area contributed by atoms with Crippen molar-refractivity contribution in [3.05, 3.63) is 59.7 Å². The van der Waals surface area contributed by atoms with E-state index in [2.05, 4.69) is 24.3 Å². The van der Waals surface area contributed by atoms with Crippen LogP contribution in [-0.4, -0.2) is 183 Å². The normalized spacial score (nSPS) is 12.3. The standard InChI is InChI=1S/C40H62FNO13/c1-42(40(43)55-34-39-37-8-4-2-6-35(37)36-7-3-5-9-38(36)39)11-13-45-15-17-47-19-21-49-23-25-51-27-29-53-31-33-54-32-30-52-28-26-50-24-22-48-20-18-46-16-14-44-12-10-41/h2-9,39H,10-34H2,1H3. The van der Waals surface area contributed by atoms with Crippen LogP contribution in [0.5, 0.6) is 0 Å². The van der Waals surface area contributed by atoms with E-state index in [1.807, 2.05) is 24.3 Å². The van der Waals surface area contributed by atoms with E-state index in [0.717, 1.165) is 0 Å². The Morgan fingerprint density at radius 3 is 1.09 bits per heavy atom. The van der Waals surface area contributed by atoms with Gasteiger partial charge in [0, 0.05) is 19.5 Å². The van der Waals surface area contributed by atoms with Crippen molar-refractivity contribution in [2.24, 2.45) is 0 Å². The number of nitrogens with zero attached hydrogens (tertiary/aromatic N) is 1. The fourth-order valence-corrected chi connectivity index (χ4v) is 5.35. The minimum absolute atomic E-state index is 0.0353. The smallest absolute Gasteiger partial charge is 0.409 e. The van der Waals surface area contributed by atoms with Crippen LogP contribution in [0.4, 0.5) is 9.18 Å². The Labute approximate surface area is 325 Å². The molecule has 0 saturated heterocycles. The summed E-state index contributed by atoms with van der Waals surface area (Å²) in [5.74, 6) is 0.0353. The van der Waals surface area contributed by atoms with Gasteiger partial charge >= 0.3 is 6.09 Å². The van der Waals surface area contributed by atoms with Gasteiger partial charge in [-0.05, 0) is 22.3 Å². The van der Waals surface area contributed by atoms with Crippen molar-refractivity contribution < 1.29 is 66.0 Å². The molecule has 0 fully saturated rings. The number of carbonyl (C=O) groups is 1. The second-order valence-corrected chi connectivity index (χ2v) is 12.2. The third-order valence-corrected chi connectivity index (χ3v) is 8.16. The van der Waals surface area contributed by atoms with Crippen molar-refractivity contribution in [2.75, 3.05) is 172 Å². The fraction of sp³-hybridized carbons (Fsp3) is 0.675. The zero-order chi connectivity index (χ0) is 38.9. The summed E-state index contributed by atoms with van der Waals surface area (Å²) >= 11 is 0. The summed E-state index contributed by atoms with van der Waals surface area (Å²) < 4.78 is 77.2. The van der Waals surface area contributed by atoms with Crippen molar-refractivity contribution in [3.63, 3.8) is 0 Å². The molecule has 15 heteroatoms. The van der Waals surface area contributed by atoms with Gasteiger partial charge in [0.2, 0.25) is 0 Å². The Morgan fingerprint density at radius 2 is 0.764 bits per heavy atom. The predicted octanol–water partition coefficient (Wildman–Crippen LogP) is 4.02. The van der Waals surface area contributed by atoms with Crippen LogP contribution in [0.25, 0.3) is 11.1 Å². The van der Waals surface area contributed by atoms with E-state index in [1.165, 1.54) is 27.2 Å². The number of alkyl halides is 1. The molecule has 14 nitrogen and oxygen atoms in total. The Morgan fingerprint density at radius 1 is 0.473 bits per heavy atom. The number of hydrogen-bond donors (Lipinski definition) is 0. The molecule has 1 aliphatic rings. The van der Waals surface area contributed by atoms with Gasteiger partial charge in [0.05, 0.1) is 145 Å². The van der Waals surface area contributed by atoms with Crippen molar-refractivity contribution in [1.29, 1.82) is 0 Å². The fourth-order valence-electron chi connectivity index (χ4n) is 5.35. The first-order chi connectivity index (χ1) is 27.2. The molecule has 0 atom stereocenters. The average molecular weight is 784 g/mol. The van der Waals surface area contributed by atoms with Gasteiger partial charge in [-0.3, -0.25) is 0 Å². The molecule has 0 saturated carbocycles. The second-order valence-electron chi connectivity index (χ2n) is 12.2. The third-order valence-electron chi connectivity index (χ3n) is 8.16. The summed E-state index contributed by atoms with van der Waals surface area (Å²) in [5, 5.41) is 0. The summed E-state index contributed by atoms with van der Waals surface area (Å²) in [6, 6.07) is 16.6. The largest absolute Gasteiger partial charge is 0.448 e. The van der Waals surface area contributed by atoms with Gasteiger partial charge in [0.15, 0.2) is 0 Å². The van der Waals surface area contributed by atoms with Gasteiger partial charge in [0.25, 0.3) is 0 Å². The number of ether oxygens (including phenoxy) is 12. The lowest BCUT2D eigenvalue weighted by Crippen LogP contribution is -2.32. The highest BCUT2D eigenvalue weighted by molar-refractivity contribution is 5.79. The maximum atomic E-state index is 12.6. The summed E-state index contributed by atoms with van der Waals surface area (Å²) in [4.78, 5) is 14.1. The van der Waals surface area contributed by atoms with Gasteiger partial charge in [-0.15, -0.1) is 0 Å². The second kappa shape index (κ2) is 32.3. The number of benzene rings is 2. The van der Waals surface area contributed by atoms with Crippen LogP contribution < -0.4 is 0 Å². The zero-order valence-corrected chi connectivity index (χ0v) is 32.5. The van der Waals surface area contributed by atoms with Crippen LogP contribution >= 0.6 is 0 Å². The monoisotopic (exact) mass is 783 g/mol. The van der Waals surface area contributed by atoms with Crippen LogP contribution in [0.3, 0.4) is 0 Å². The molecule has 3 rings (SSSR count). The molecule has 0 aliphatic heterocycles. The van der Waals surface area contributed by atoms with Crippen LogP contribution in [0.1, 0.15) is 17.0 Å². The highest BCUT2D eigenvalue weighted by atomic mass is 19.1. The molecule has 2 aromatic carbocycles. The van der Waals surface area contributed by atoms with E-state index in [-0.39, 0.29) is 18.6 Å². The molecule has 2 aromatic rings. The molecule has 0 bridgehead atoms. The molecule has 312 valence electrons. The molecular formula is C40H62FNO13. The average Bonchev–Trinajstić information content (AvgIpc) is 3.53. The predicted molar refractivity (Wildman–Crippen MR) is 203 cm³/mol. The molecule has 1 aliphatic carbocycles. The maximum Gasteiger partial charge on any atom is 0.409 e. The molecule has 0 unspecified atom stereocenters. The molecule has 55 heavy (non-hydrogen) atoms. The third kappa shape index (κ3) is 21.3. The molecule has 0 N–H and O–H groups in total. The number of hydrogen-bond acceptors (Lipinski definition) is 13. The van der Waals surface area contributed by atoms with Crippen molar-refractivity contribution in [3.8, 4) is 11.1 Å². The Kier molecular flexibility index (Phi) is 27.4. The Hall–Kier alpha value is -2.80. The van der Waals surface area contributed by atoms with Crippen LogP contribution in [0, 0.1) is 0 Å². The van der Waals surface area contributed by atoms with Crippen molar-refractivity contribution in [1.82, 2.24) is 4.90 Å². The highest BCUT2D eigenvalue weighted by Crippen LogP contribution is 2.44. The lowest BCUT2D eigenvalue weighted by Gasteiger charge is -2.19. The summed E-state index contributed by atoms with van der Waals surface area (Å²) in [6.07, 6.45) is -0.368. The number of halogens is 1. The van der Waals surface area contributed by atoms with Crippen molar-refractivity contribution >= 4 is 6.09 Å². The van der Waals surface area contributed by atoms with Crippen LogP contribution in [0.15, 0.2) is 48.5 Å². The number of likely N-dealkylation sites (N-methyl/N-ethyl adjacent to an activating group) is 1. The van der Waals surface area contributed by atoms with Crippen LogP contribution in [0.2, 0.25) is 0 Å². The van der Waals surface area contributed by atoms with Gasteiger partial charge < -0.3 is 61.7 Å². The molecule has 0 aromatic heterocycles. The minimum Gasteiger partial charge on any atom is -0.448 e. The van der Waals surface area contributed by atoms with Gasteiger partial charge in [-0.2, -0.15) is 0 Å². The number of carbonyl (C=O) groups excluding carboxylic acids is 1. The lowest BCUT2D eigenvalue weighted by molar-refractivity contribution is -0.0277. The molecular weight excluding hydrogens is 721 g/mol. The van der Waals surface area contributed by atoms with E-state index in [1.54, 1.807) is 7.05 Å². The molecule has 1 amide bonds. The van der Waals surface area contributed by atoms with Gasteiger partial charge in [0.1, 0.15) is 13.3 Å². The van der Waals surface area contributed by atoms with Crippen molar-refractivity contribution in [2.45, 2.75) is 5.92 Å². The Balaban J connectivity index is 0.967. The number of rotatable bonds is 37. The maximum absolute atomic E-state index is 12.6. The minimum atomic E-state index is -0.480. The first-order valence-electron chi connectivity index (χ1n) is 19.2. The lowest BCUT2D eigenvalue weighted by atomic mass is 9.98. The van der Waals surface area contributed by atoms with Gasteiger partial charge in [-0.1, -0.05) is 48.5 Å². The van der Waals surface area contributed by atoms with E-state index in [4.69, 9.17) is 56.8 Å². The summed E-state index contributed by atoms with van der Waals surface area (Å²) in [6.45, 7) is 10.1. The highest BCUT2D eigenvalue weighted by Gasteiger charge is 2.29. The summed E-state index contributed by atoms with van der Waals surface area (Å²) in [5.41, 5.74) is 4.79. The number of amides is 1. The zero-order valence-electron chi connectivity index (χ0n) is 32.5. The van der Waals surface area contributed by atoms with Gasteiger partial charge in [-0.25, -0.2) is 9.18 Å². The molecule has 0 heterocycles. The van der Waals surface area contributed by atoms with Crippen LogP contribution in [-0.2, 0) is 56.8 Å². The first-order valence-corrected chi connectivity index (χ1v) is 19.2. The quantitative estimate of drug-likeness (QED) is 0.0916. The van der Waals surface area contributed by atoms with E-state index >= 15 is 0 Å². The number of fused-ring (bicyclic) bond motifs is 3. The Bertz CT molecular complexity index is 1180. The molecule has 0 radical (unpaired) electrons.